The van der Waals surface area contributed by atoms with Gasteiger partial charge in [0.2, 0.25) is 0 Å². The summed E-state index contributed by atoms with van der Waals surface area (Å²) in [5.41, 5.74) is 0.790. The summed E-state index contributed by atoms with van der Waals surface area (Å²) in [5.74, 6) is 0.714. The molecule has 1 aromatic carbocycles. The Morgan fingerprint density at radius 3 is 3.00 bits per heavy atom. The van der Waals surface area contributed by atoms with Crippen LogP contribution in [0.25, 0.3) is 10.9 Å². The second kappa shape index (κ2) is 4.42. The summed E-state index contributed by atoms with van der Waals surface area (Å²) in [4.78, 5) is 8.21. The first-order valence-corrected chi connectivity index (χ1v) is 4.94. The maximum atomic E-state index is 8.72. The van der Waals surface area contributed by atoms with Gasteiger partial charge in [0, 0.05) is 17.0 Å². The Bertz CT molecular complexity index is 475. The minimum atomic E-state index is 0.0685. The molecule has 5 heteroatoms. The van der Waals surface area contributed by atoms with Crippen LogP contribution in [-0.4, -0.2) is 28.2 Å². The van der Waals surface area contributed by atoms with Crippen molar-refractivity contribution in [1.82, 2.24) is 9.97 Å². The highest BCUT2D eigenvalue weighted by Crippen LogP contribution is 2.22. The number of rotatable bonds is 3. The molecule has 0 spiro atoms. The van der Waals surface area contributed by atoms with Crippen LogP contribution in [-0.2, 0) is 0 Å². The molecule has 15 heavy (non-hydrogen) atoms. The van der Waals surface area contributed by atoms with E-state index in [2.05, 4.69) is 15.3 Å². The van der Waals surface area contributed by atoms with E-state index in [1.807, 2.05) is 6.07 Å². The summed E-state index contributed by atoms with van der Waals surface area (Å²) in [6.07, 6.45) is 1.47. The lowest BCUT2D eigenvalue weighted by Crippen LogP contribution is -2.07. The van der Waals surface area contributed by atoms with Gasteiger partial charge in [-0.25, -0.2) is 9.97 Å². The van der Waals surface area contributed by atoms with Crippen LogP contribution in [0, 0.1) is 0 Å². The third kappa shape index (κ3) is 2.16. The predicted octanol–water partition coefficient (Wildman–Crippen LogP) is 1.69. The lowest BCUT2D eigenvalue weighted by atomic mass is 10.2. The second-order valence-electron chi connectivity index (χ2n) is 3.03. The molecule has 0 saturated carbocycles. The molecule has 2 aromatic rings. The minimum Gasteiger partial charge on any atom is -0.395 e. The van der Waals surface area contributed by atoms with Gasteiger partial charge in [0.15, 0.2) is 0 Å². The lowest BCUT2D eigenvalue weighted by molar-refractivity contribution is 0.311. The molecule has 0 atom stereocenters. The van der Waals surface area contributed by atoms with E-state index in [0.29, 0.717) is 17.4 Å². The van der Waals surface area contributed by atoms with E-state index in [1.165, 1.54) is 6.33 Å². The number of anilines is 1. The van der Waals surface area contributed by atoms with Crippen molar-refractivity contribution in [3.63, 3.8) is 0 Å². The molecule has 0 unspecified atom stereocenters. The molecule has 0 bridgehead atoms. The molecular formula is C10H10ClN3O. The molecule has 78 valence electrons. The number of hydrogen-bond donors (Lipinski definition) is 2. The first kappa shape index (κ1) is 10.1. The van der Waals surface area contributed by atoms with Crippen LogP contribution in [0.4, 0.5) is 5.82 Å². The fourth-order valence-corrected chi connectivity index (χ4v) is 1.51. The summed E-state index contributed by atoms with van der Waals surface area (Å²) in [6.45, 7) is 0.536. The molecule has 2 rings (SSSR count). The van der Waals surface area contributed by atoms with Gasteiger partial charge in [-0.05, 0) is 18.2 Å². The molecular weight excluding hydrogens is 214 g/mol. The maximum Gasteiger partial charge on any atom is 0.137 e. The predicted molar refractivity (Wildman–Crippen MR) is 60.1 cm³/mol. The number of nitrogens with one attached hydrogen (secondary N) is 1. The number of nitrogens with zero attached hydrogens (tertiary/aromatic N) is 2. The molecule has 0 amide bonds. The van der Waals surface area contributed by atoms with Gasteiger partial charge in [0.05, 0.1) is 12.1 Å². The monoisotopic (exact) mass is 223 g/mol. The first-order valence-electron chi connectivity index (χ1n) is 4.56. The standard InChI is InChI=1S/C10H10ClN3O/c11-7-1-2-8-9(5-7)13-6-14-10(8)12-3-4-15/h1-2,5-6,15H,3-4H2,(H,12,13,14). The van der Waals surface area contributed by atoms with E-state index in [9.17, 15) is 0 Å². The molecule has 2 N–H and O–H groups in total. The molecule has 0 saturated heterocycles. The van der Waals surface area contributed by atoms with Crippen molar-refractivity contribution < 1.29 is 5.11 Å². The van der Waals surface area contributed by atoms with Gasteiger partial charge in [0.1, 0.15) is 12.1 Å². The van der Waals surface area contributed by atoms with Crippen LogP contribution in [0.5, 0.6) is 0 Å². The Kier molecular flexibility index (Phi) is 2.99. The Balaban J connectivity index is 2.46. The number of hydrogen-bond acceptors (Lipinski definition) is 4. The van der Waals surface area contributed by atoms with Gasteiger partial charge in [-0.2, -0.15) is 0 Å². The van der Waals surface area contributed by atoms with Crippen molar-refractivity contribution in [2.45, 2.75) is 0 Å². The Morgan fingerprint density at radius 2 is 2.20 bits per heavy atom. The van der Waals surface area contributed by atoms with Gasteiger partial charge in [-0.15, -0.1) is 0 Å². The molecule has 0 aliphatic heterocycles. The van der Waals surface area contributed by atoms with Crippen LogP contribution < -0.4 is 5.32 Å². The zero-order valence-corrected chi connectivity index (χ0v) is 8.70. The van der Waals surface area contributed by atoms with E-state index < -0.39 is 0 Å². The third-order valence-corrected chi connectivity index (χ3v) is 2.24. The average Bonchev–Trinajstić information content (AvgIpc) is 2.25. The maximum absolute atomic E-state index is 8.72. The average molecular weight is 224 g/mol. The number of aromatic nitrogens is 2. The van der Waals surface area contributed by atoms with Gasteiger partial charge in [-0.3, -0.25) is 0 Å². The number of fused-ring (bicyclic) bond motifs is 1. The van der Waals surface area contributed by atoms with Crippen molar-refractivity contribution in [1.29, 1.82) is 0 Å². The van der Waals surface area contributed by atoms with E-state index >= 15 is 0 Å². The molecule has 0 aliphatic rings. The summed E-state index contributed by atoms with van der Waals surface area (Å²) in [5, 5.41) is 13.3. The van der Waals surface area contributed by atoms with E-state index in [4.69, 9.17) is 16.7 Å². The van der Waals surface area contributed by atoms with Crippen molar-refractivity contribution in [3.05, 3.63) is 29.5 Å². The number of aliphatic hydroxyl groups is 1. The normalized spacial score (nSPS) is 10.5. The highest BCUT2D eigenvalue weighted by molar-refractivity contribution is 6.31. The highest BCUT2D eigenvalue weighted by atomic mass is 35.5. The fourth-order valence-electron chi connectivity index (χ4n) is 1.35. The van der Waals surface area contributed by atoms with Crippen LogP contribution >= 0.6 is 11.6 Å². The summed E-state index contributed by atoms with van der Waals surface area (Å²) in [6, 6.07) is 5.43. The zero-order chi connectivity index (χ0) is 10.7. The van der Waals surface area contributed by atoms with Gasteiger partial charge in [0.25, 0.3) is 0 Å². The number of halogens is 1. The van der Waals surface area contributed by atoms with Crippen LogP contribution in [0.15, 0.2) is 24.5 Å². The molecule has 1 heterocycles. The van der Waals surface area contributed by atoms with Crippen molar-refractivity contribution in [2.75, 3.05) is 18.5 Å². The van der Waals surface area contributed by atoms with Crippen LogP contribution in [0.2, 0.25) is 5.02 Å². The van der Waals surface area contributed by atoms with Gasteiger partial charge < -0.3 is 10.4 Å². The molecule has 0 fully saturated rings. The van der Waals surface area contributed by atoms with Crippen molar-refractivity contribution in [2.24, 2.45) is 0 Å². The Labute approximate surface area is 91.9 Å². The lowest BCUT2D eigenvalue weighted by Gasteiger charge is -2.06. The zero-order valence-electron chi connectivity index (χ0n) is 7.94. The summed E-state index contributed by atoms with van der Waals surface area (Å²) < 4.78 is 0. The number of aliphatic hydroxyl groups excluding tert-OH is 1. The molecule has 0 aliphatic carbocycles. The van der Waals surface area contributed by atoms with Gasteiger partial charge >= 0.3 is 0 Å². The minimum absolute atomic E-state index is 0.0685. The first-order chi connectivity index (χ1) is 7.31. The molecule has 4 nitrogen and oxygen atoms in total. The van der Waals surface area contributed by atoms with Crippen LogP contribution in [0.1, 0.15) is 0 Å². The quantitative estimate of drug-likeness (QED) is 0.832. The fraction of sp³-hybridized carbons (Fsp3) is 0.200. The Hall–Kier alpha value is -1.39. The summed E-state index contributed by atoms with van der Waals surface area (Å²) in [7, 11) is 0. The van der Waals surface area contributed by atoms with Gasteiger partial charge in [-0.1, -0.05) is 11.6 Å². The highest BCUT2D eigenvalue weighted by Gasteiger charge is 2.02. The largest absolute Gasteiger partial charge is 0.395 e. The topological polar surface area (TPSA) is 58.0 Å². The summed E-state index contributed by atoms with van der Waals surface area (Å²) >= 11 is 5.85. The molecule has 0 radical (unpaired) electrons. The Morgan fingerprint density at radius 1 is 1.33 bits per heavy atom. The van der Waals surface area contributed by atoms with Crippen molar-refractivity contribution in [3.8, 4) is 0 Å². The van der Waals surface area contributed by atoms with E-state index in [1.54, 1.807) is 12.1 Å². The SMILES string of the molecule is OCCNc1ncnc2cc(Cl)ccc12. The molecule has 1 aromatic heterocycles. The van der Waals surface area contributed by atoms with Crippen molar-refractivity contribution >= 4 is 28.3 Å². The van der Waals surface area contributed by atoms with E-state index in [0.717, 1.165) is 10.9 Å². The smallest absolute Gasteiger partial charge is 0.137 e. The second-order valence-corrected chi connectivity index (χ2v) is 3.47. The van der Waals surface area contributed by atoms with Crippen LogP contribution in [0.3, 0.4) is 0 Å². The third-order valence-electron chi connectivity index (χ3n) is 2.00. The van der Waals surface area contributed by atoms with E-state index in [-0.39, 0.29) is 6.61 Å². The number of benzene rings is 1.